The summed E-state index contributed by atoms with van der Waals surface area (Å²) < 4.78 is 0. The predicted octanol–water partition coefficient (Wildman–Crippen LogP) is 4.50. The molecule has 1 N–H and O–H groups in total. The molecule has 0 bridgehead atoms. The zero-order valence-electron chi connectivity index (χ0n) is 12.0. The van der Waals surface area contributed by atoms with Gasteiger partial charge in [-0.15, -0.1) is 0 Å². The van der Waals surface area contributed by atoms with Crippen LogP contribution in [0.5, 0.6) is 0 Å². The summed E-state index contributed by atoms with van der Waals surface area (Å²) in [5.41, 5.74) is 7.19. The number of benzene rings is 2. The van der Waals surface area contributed by atoms with Gasteiger partial charge in [0.25, 0.3) is 0 Å². The number of hydrogen-bond donors (Lipinski definition) is 1. The molecule has 0 radical (unpaired) electrons. The number of carbonyl (C=O) groups is 1. The lowest BCUT2D eigenvalue weighted by Crippen LogP contribution is -2.14. The van der Waals surface area contributed by atoms with Crippen LogP contribution in [0.3, 0.4) is 0 Å². The van der Waals surface area contributed by atoms with E-state index < -0.39 is 0 Å². The molecule has 0 saturated carbocycles. The van der Waals surface area contributed by atoms with E-state index in [9.17, 15) is 4.79 Å². The maximum Gasteiger partial charge on any atom is 0.228 e. The van der Waals surface area contributed by atoms with Gasteiger partial charge in [0.2, 0.25) is 5.91 Å². The molecular formula is C19H15NOS. The number of rotatable bonds is 3. The summed E-state index contributed by atoms with van der Waals surface area (Å²) >= 11 is 1.62. The van der Waals surface area contributed by atoms with Crippen LogP contribution in [0.2, 0.25) is 0 Å². The Kier molecular flexibility index (Phi) is 3.28. The van der Waals surface area contributed by atoms with Crippen LogP contribution in [0.4, 0.5) is 5.69 Å². The molecule has 2 aromatic carbocycles. The van der Waals surface area contributed by atoms with Crippen molar-refractivity contribution in [3.8, 4) is 11.1 Å². The minimum Gasteiger partial charge on any atom is -0.326 e. The number of anilines is 1. The highest BCUT2D eigenvalue weighted by Crippen LogP contribution is 2.37. The van der Waals surface area contributed by atoms with E-state index in [0.29, 0.717) is 6.42 Å². The monoisotopic (exact) mass is 305 g/mol. The van der Waals surface area contributed by atoms with Crippen LogP contribution in [0.1, 0.15) is 16.7 Å². The van der Waals surface area contributed by atoms with Gasteiger partial charge in [-0.05, 0) is 63.2 Å². The van der Waals surface area contributed by atoms with Crippen LogP contribution >= 0.6 is 11.3 Å². The minimum atomic E-state index is 0.0360. The highest BCUT2D eigenvalue weighted by molar-refractivity contribution is 7.08. The van der Waals surface area contributed by atoms with Crippen LogP contribution in [-0.2, 0) is 17.6 Å². The average molecular weight is 305 g/mol. The zero-order chi connectivity index (χ0) is 14.9. The molecule has 1 amide bonds. The van der Waals surface area contributed by atoms with E-state index in [1.165, 1.54) is 22.3 Å². The quantitative estimate of drug-likeness (QED) is 0.593. The fraction of sp³-hybridized carbons (Fsp3) is 0.105. The van der Waals surface area contributed by atoms with Crippen molar-refractivity contribution < 1.29 is 4.79 Å². The lowest BCUT2D eigenvalue weighted by Gasteiger charge is -2.07. The molecule has 0 saturated heterocycles. The van der Waals surface area contributed by atoms with Gasteiger partial charge in [0.05, 0.1) is 6.42 Å². The first-order chi connectivity index (χ1) is 10.8. The van der Waals surface area contributed by atoms with Crippen LogP contribution in [0.25, 0.3) is 11.1 Å². The Morgan fingerprint density at radius 2 is 1.91 bits per heavy atom. The number of carbonyl (C=O) groups excluding carboxylic acids is 1. The molecule has 108 valence electrons. The third kappa shape index (κ3) is 2.44. The maximum atomic E-state index is 12.1. The lowest BCUT2D eigenvalue weighted by molar-refractivity contribution is -0.115. The molecule has 3 heteroatoms. The Morgan fingerprint density at radius 3 is 2.77 bits per heavy atom. The molecule has 0 unspecified atom stereocenters. The Labute approximate surface area is 133 Å². The van der Waals surface area contributed by atoms with Gasteiger partial charge in [-0.3, -0.25) is 4.79 Å². The Hall–Kier alpha value is -2.39. The summed E-state index contributed by atoms with van der Waals surface area (Å²) in [4.78, 5) is 12.1. The highest BCUT2D eigenvalue weighted by Gasteiger charge is 2.18. The summed E-state index contributed by atoms with van der Waals surface area (Å²) in [6.45, 7) is 0. The van der Waals surface area contributed by atoms with Gasteiger partial charge in [0.15, 0.2) is 0 Å². The molecule has 1 heterocycles. The number of thiophene rings is 1. The molecule has 2 nitrogen and oxygen atoms in total. The van der Waals surface area contributed by atoms with Crippen molar-refractivity contribution in [1.82, 2.24) is 0 Å². The molecular weight excluding hydrogens is 290 g/mol. The molecule has 22 heavy (non-hydrogen) atoms. The van der Waals surface area contributed by atoms with Crippen molar-refractivity contribution in [3.63, 3.8) is 0 Å². The van der Waals surface area contributed by atoms with Crippen LogP contribution in [0, 0.1) is 0 Å². The fourth-order valence-corrected chi connectivity index (χ4v) is 3.68. The number of fused-ring (bicyclic) bond motifs is 3. The Morgan fingerprint density at radius 1 is 1.05 bits per heavy atom. The zero-order valence-corrected chi connectivity index (χ0v) is 12.8. The van der Waals surface area contributed by atoms with Gasteiger partial charge in [-0.2, -0.15) is 11.3 Å². The minimum absolute atomic E-state index is 0.0360. The largest absolute Gasteiger partial charge is 0.326 e. The molecule has 3 aromatic rings. The second-order valence-corrected chi connectivity index (χ2v) is 6.34. The van der Waals surface area contributed by atoms with Crippen molar-refractivity contribution in [1.29, 1.82) is 0 Å². The van der Waals surface area contributed by atoms with Crippen molar-refractivity contribution >= 4 is 22.9 Å². The smallest absolute Gasteiger partial charge is 0.228 e. The third-order valence-corrected chi connectivity index (χ3v) is 4.75. The van der Waals surface area contributed by atoms with Gasteiger partial charge in [0.1, 0.15) is 0 Å². The van der Waals surface area contributed by atoms with Crippen LogP contribution < -0.4 is 5.32 Å². The summed E-state index contributed by atoms with van der Waals surface area (Å²) in [6, 6.07) is 16.7. The predicted molar refractivity (Wildman–Crippen MR) is 91.3 cm³/mol. The Bertz CT molecular complexity index is 836. The molecule has 1 aromatic heterocycles. The molecule has 0 aliphatic heterocycles. The third-order valence-electron chi connectivity index (χ3n) is 4.02. The van der Waals surface area contributed by atoms with Crippen LogP contribution in [-0.4, -0.2) is 5.91 Å². The summed E-state index contributed by atoms with van der Waals surface area (Å²) in [5, 5.41) is 7.01. The molecule has 4 rings (SSSR count). The first-order valence-electron chi connectivity index (χ1n) is 7.32. The summed E-state index contributed by atoms with van der Waals surface area (Å²) in [5.74, 6) is 0.0360. The van der Waals surface area contributed by atoms with E-state index in [1.54, 1.807) is 11.3 Å². The number of hydrogen-bond acceptors (Lipinski definition) is 2. The van der Waals surface area contributed by atoms with E-state index >= 15 is 0 Å². The van der Waals surface area contributed by atoms with Gasteiger partial charge < -0.3 is 5.32 Å². The average Bonchev–Trinajstić information content (AvgIpc) is 3.13. The van der Waals surface area contributed by atoms with E-state index in [2.05, 4.69) is 41.7 Å². The van der Waals surface area contributed by atoms with Gasteiger partial charge >= 0.3 is 0 Å². The summed E-state index contributed by atoms with van der Waals surface area (Å²) in [6.07, 6.45) is 1.38. The van der Waals surface area contributed by atoms with Crippen molar-refractivity contribution in [2.24, 2.45) is 0 Å². The first-order valence-corrected chi connectivity index (χ1v) is 8.26. The normalized spacial score (nSPS) is 11.8. The van der Waals surface area contributed by atoms with Gasteiger partial charge in [-0.25, -0.2) is 0 Å². The second-order valence-electron chi connectivity index (χ2n) is 5.56. The fourth-order valence-electron chi connectivity index (χ4n) is 3.01. The summed E-state index contributed by atoms with van der Waals surface area (Å²) in [7, 11) is 0. The van der Waals surface area contributed by atoms with Crippen molar-refractivity contribution in [2.45, 2.75) is 12.8 Å². The molecule has 0 spiro atoms. The lowest BCUT2D eigenvalue weighted by atomic mass is 10.1. The van der Waals surface area contributed by atoms with Crippen molar-refractivity contribution in [2.75, 3.05) is 5.32 Å². The van der Waals surface area contributed by atoms with E-state index in [-0.39, 0.29) is 5.91 Å². The highest BCUT2D eigenvalue weighted by atomic mass is 32.1. The van der Waals surface area contributed by atoms with Crippen LogP contribution in [0.15, 0.2) is 59.3 Å². The Balaban J connectivity index is 1.53. The molecule has 0 fully saturated rings. The topological polar surface area (TPSA) is 29.1 Å². The standard InChI is InChI=1S/C19H15NOS/c21-19(9-13-7-8-22-12-13)20-16-5-6-18-15(11-16)10-14-3-1-2-4-17(14)18/h1-8,11-12H,9-10H2,(H,20,21). The van der Waals surface area contributed by atoms with Gasteiger partial charge in [0, 0.05) is 5.69 Å². The SMILES string of the molecule is O=C(Cc1ccsc1)Nc1ccc2c(c1)Cc1ccccc1-2. The van der Waals surface area contributed by atoms with Gasteiger partial charge in [-0.1, -0.05) is 30.3 Å². The second kappa shape index (κ2) is 5.43. The first kappa shape index (κ1) is 13.3. The molecule has 0 atom stereocenters. The van der Waals surface area contributed by atoms with E-state index in [4.69, 9.17) is 0 Å². The van der Waals surface area contributed by atoms with E-state index in [0.717, 1.165) is 17.7 Å². The number of nitrogens with one attached hydrogen (secondary N) is 1. The van der Waals surface area contributed by atoms with E-state index in [1.807, 2.05) is 22.9 Å². The number of amides is 1. The molecule has 1 aliphatic rings. The maximum absolute atomic E-state index is 12.1. The van der Waals surface area contributed by atoms with Crippen molar-refractivity contribution in [3.05, 3.63) is 76.0 Å². The molecule has 1 aliphatic carbocycles.